The molecule has 2 aliphatic carbocycles. The van der Waals surface area contributed by atoms with Gasteiger partial charge in [-0.3, -0.25) is 9.59 Å². The van der Waals surface area contributed by atoms with Gasteiger partial charge in [-0.25, -0.2) is 9.07 Å². The molecule has 2 N–H and O–H groups in total. The second kappa shape index (κ2) is 6.48. The summed E-state index contributed by atoms with van der Waals surface area (Å²) in [5.41, 5.74) is 2.47. The summed E-state index contributed by atoms with van der Waals surface area (Å²) < 4.78 is 16.0. The molecule has 0 atom stereocenters. The Morgan fingerprint density at radius 3 is 2.70 bits per heavy atom. The molecule has 0 unspecified atom stereocenters. The number of aromatic nitrogens is 2. The van der Waals surface area contributed by atoms with E-state index in [4.69, 9.17) is 5.11 Å². The van der Waals surface area contributed by atoms with Crippen molar-refractivity contribution in [2.75, 3.05) is 0 Å². The van der Waals surface area contributed by atoms with Gasteiger partial charge in [-0.15, -0.1) is 0 Å². The van der Waals surface area contributed by atoms with Crippen molar-refractivity contribution in [1.82, 2.24) is 15.1 Å². The van der Waals surface area contributed by atoms with Crippen molar-refractivity contribution < 1.29 is 19.1 Å². The molecule has 6 nitrogen and oxygen atoms in total. The van der Waals surface area contributed by atoms with Gasteiger partial charge in [0, 0.05) is 11.3 Å². The first kappa shape index (κ1) is 17.7. The standard InChI is InChI=1S/C20H22FN3O3/c1-12-6-7-16(14(21)10-12)24-15-5-2-4-13(15)18(23-24)19(27)22-20(8-3-9-20)11-17(25)26/h6-7,10H,2-5,8-9,11H2,1H3,(H,22,27)(H,25,26). The molecular weight excluding hydrogens is 349 g/mol. The first-order chi connectivity index (χ1) is 12.9. The number of aliphatic carboxylic acids is 1. The van der Waals surface area contributed by atoms with Crippen LogP contribution in [0, 0.1) is 12.7 Å². The third-order valence-electron chi connectivity index (χ3n) is 5.66. The number of rotatable bonds is 5. The van der Waals surface area contributed by atoms with Crippen LogP contribution in [-0.4, -0.2) is 32.3 Å². The van der Waals surface area contributed by atoms with E-state index in [1.54, 1.807) is 6.07 Å². The first-order valence-electron chi connectivity index (χ1n) is 9.30. The molecule has 0 aliphatic heterocycles. The average Bonchev–Trinajstić information content (AvgIpc) is 3.15. The van der Waals surface area contributed by atoms with Crippen molar-refractivity contribution in [3.63, 3.8) is 0 Å². The van der Waals surface area contributed by atoms with Gasteiger partial charge in [-0.05, 0) is 63.1 Å². The Kier molecular flexibility index (Phi) is 4.25. The van der Waals surface area contributed by atoms with E-state index < -0.39 is 11.5 Å². The second-order valence-corrected chi connectivity index (χ2v) is 7.65. The lowest BCUT2D eigenvalue weighted by Crippen LogP contribution is -2.54. The summed E-state index contributed by atoms with van der Waals surface area (Å²) in [5, 5.41) is 16.5. The van der Waals surface area contributed by atoms with E-state index in [-0.39, 0.29) is 18.1 Å². The zero-order chi connectivity index (χ0) is 19.2. The van der Waals surface area contributed by atoms with Gasteiger partial charge in [0.25, 0.3) is 5.91 Å². The Hall–Kier alpha value is -2.70. The second-order valence-electron chi connectivity index (χ2n) is 7.65. The van der Waals surface area contributed by atoms with Crippen LogP contribution in [0.15, 0.2) is 18.2 Å². The molecule has 2 aliphatic rings. The molecule has 1 amide bonds. The lowest BCUT2D eigenvalue weighted by molar-refractivity contribution is -0.139. The number of carbonyl (C=O) groups excluding carboxylic acids is 1. The number of carboxylic acids is 1. The number of aryl methyl sites for hydroxylation is 1. The molecule has 1 heterocycles. The summed E-state index contributed by atoms with van der Waals surface area (Å²) in [4.78, 5) is 24.1. The van der Waals surface area contributed by atoms with Crippen LogP contribution in [0.5, 0.6) is 0 Å². The molecule has 4 rings (SSSR count). The number of hydrogen-bond donors (Lipinski definition) is 2. The number of carbonyl (C=O) groups is 2. The summed E-state index contributed by atoms with van der Waals surface area (Å²) in [5.74, 6) is -1.66. The smallest absolute Gasteiger partial charge is 0.305 e. The maximum atomic E-state index is 14.5. The number of benzene rings is 1. The zero-order valence-corrected chi connectivity index (χ0v) is 15.2. The Morgan fingerprint density at radius 2 is 2.07 bits per heavy atom. The number of amides is 1. The molecule has 27 heavy (non-hydrogen) atoms. The third kappa shape index (κ3) is 3.11. The number of halogens is 1. The molecule has 0 bridgehead atoms. The maximum Gasteiger partial charge on any atom is 0.305 e. The molecule has 142 valence electrons. The van der Waals surface area contributed by atoms with E-state index in [2.05, 4.69) is 10.4 Å². The minimum atomic E-state index is -0.924. The lowest BCUT2D eigenvalue weighted by Gasteiger charge is -2.41. The van der Waals surface area contributed by atoms with Crippen LogP contribution in [0.4, 0.5) is 4.39 Å². The van der Waals surface area contributed by atoms with Crippen molar-refractivity contribution in [1.29, 1.82) is 0 Å². The van der Waals surface area contributed by atoms with Crippen LogP contribution in [0.3, 0.4) is 0 Å². The number of fused-ring (bicyclic) bond motifs is 1. The molecule has 7 heteroatoms. The van der Waals surface area contributed by atoms with Crippen molar-refractivity contribution in [2.45, 2.75) is 57.4 Å². The van der Waals surface area contributed by atoms with Gasteiger partial charge < -0.3 is 10.4 Å². The fourth-order valence-corrected chi connectivity index (χ4v) is 4.14. The minimum Gasteiger partial charge on any atom is -0.481 e. The Balaban J connectivity index is 1.68. The fraction of sp³-hybridized carbons (Fsp3) is 0.450. The third-order valence-corrected chi connectivity index (χ3v) is 5.66. The first-order valence-corrected chi connectivity index (χ1v) is 9.30. The van der Waals surface area contributed by atoms with Gasteiger partial charge in [-0.1, -0.05) is 6.07 Å². The Morgan fingerprint density at radius 1 is 1.30 bits per heavy atom. The van der Waals surface area contributed by atoms with Crippen LogP contribution in [0.25, 0.3) is 5.69 Å². The van der Waals surface area contributed by atoms with Crippen molar-refractivity contribution in [2.24, 2.45) is 0 Å². The summed E-state index contributed by atoms with van der Waals surface area (Å²) in [7, 11) is 0. The van der Waals surface area contributed by atoms with Crippen LogP contribution in [-0.2, 0) is 17.6 Å². The quantitative estimate of drug-likeness (QED) is 0.846. The van der Waals surface area contributed by atoms with E-state index in [0.717, 1.165) is 42.5 Å². The molecular formula is C20H22FN3O3. The summed E-state index contributed by atoms with van der Waals surface area (Å²) >= 11 is 0. The highest BCUT2D eigenvalue weighted by atomic mass is 19.1. The minimum absolute atomic E-state index is 0.0891. The van der Waals surface area contributed by atoms with Crippen LogP contribution in [0.1, 0.15) is 59.4 Å². The normalized spacial score (nSPS) is 17.3. The van der Waals surface area contributed by atoms with Crippen molar-refractivity contribution >= 4 is 11.9 Å². The predicted octanol–water partition coefficient (Wildman–Crippen LogP) is 2.94. The van der Waals surface area contributed by atoms with Gasteiger partial charge in [0.1, 0.15) is 11.5 Å². The van der Waals surface area contributed by atoms with Gasteiger partial charge in [0.2, 0.25) is 0 Å². The topological polar surface area (TPSA) is 84.2 Å². The van der Waals surface area contributed by atoms with Gasteiger partial charge in [0.15, 0.2) is 5.69 Å². The van der Waals surface area contributed by atoms with Crippen LogP contribution in [0.2, 0.25) is 0 Å². The fourth-order valence-electron chi connectivity index (χ4n) is 4.14. The largest absolute Gasteiger partial charge is 0.481 e. The average molecular weight is 371 g/mol. The van der Waals surface area contributed by atoms with Gasteiger partial charge in [0.05, 0.1) is 12.0 Å². The molecule has 0 saturated heterocycles. The maximum absolute atomic E-state index is 14.5. The van der Waals surface area contributed by atoms with Crippen molar-refractivity contribution in [3.05, 3.63) is 46.5 Å². The molecule has 2 aromatic rings. The summed E-state index contributed by atoms with van der Waals surface area (Å²) in [6, 6.07) is 4.95. The van der Waals surface area contributed by atoms with E-state index in [0.29, 0.717) is 24.2 Å². The van der Waals surface area contributed by atoms with E-state index in [1.807, 2.05) is 13.0 Å². The Labute approximate surface area is 156 Å². The molecule has 1 aromatic carbocycles. The molecule has 1 fully saturated rings. The van der Waals surface area contributed by atoms with E-state index >= 15 is 0 Å². The summed E-state index contributed by atoms with van der Waals surface area (Å²) in [6.07, 6.45) is 4.46. The van der Waals surface area contributed by atoms with E-state index in [1.165, 1.54) is 10.7 Å². The zero-order valence-electron chi connectivity index (χ0n) is 15.2. The molecule has 0 spiro atoms. The SMILES string of the molecule is Cc1ccc(-n2nc(C(=O)NC3(CC(=O)O)CCC3)c3c2CCC3)c(F)c1. The number of nitrogens with one attached hydrogen (secondary N) is 1. The molecule has 1 saturated carbocycles. The van der Waals surface area contributed by atoms with E-state index in [9.17, 15) is 14.0 Å². The van der Waals surface area contributed by atoms with Gasteiger partial charge in [-0.2, -0.15) is 5.10 Å². The number of hydrogen-bond acceptors (Lipinski definition) is 3. The van der Waals surface area contributed by atoms with Crippen molar-refractivity contribution in [3.8, 4) is 5.69 Å². The molecule has 1 aromatic heterocycles. The highest BCUT2D eigenvalue weighted by molar-refractivity contribution is 5.95. The van der Waals surface area contributed by atoms with Gasteiger partial charge >= 0.3 is 5.97 Å². The highest BCUT2D eigenvalue weighted by Gasteiger charge is 2.41. The van der Waals surface area contributed by atoms with Crippen LogP contribution >= 0.6 is 0 Å². The molecule has 0 radical (unpaired) electrons. The summed E-state index contributed by atoms with van der Waals surface area (Å²) in [6.45, 7) is 1.82. The lowest BCUT2D eigenvalue weighted by atomic mass is 9.74. The Bertz CT molecular complexity index is 931. The monoisotopic (exact) mass is 371 g/mol. The predicted molar refractivity (Wildman–Crippen MR) is 96.6 cm³/mol. The number of nitrogens with zero attached hydrogens (tertiary/aromatic N) is 2. The highest BCUT2D eigenvalue weighted by Crippen LogP contribution is 2.36. The van der Waals surface area contributed by atoms with Crippen LogP contribution < -0.4 is 5.32 Å². The number of carboxylic acid groups (broad SMARTS) is 1.